The van der Waals surface area contributed by atoms with Gasteiger partial charge in [-0.25, -0.2) is 9.67 Å². The van der Waals surface area contributed by atoms with Crippen LogP contribution < -0.4 is 15.6 Å². The number of rotatable bonds is 7. The molecule has 0 radical (unpaired) electrons. The molecule has 2 atom stereocenters. The normalized spacial score (nSPS) is 22.5. The zero-order valence-corrected chi connectivity index (χ0v) is 15.3. The van der Waals surface area contributed by atoms with E-state index in [1.165, 1.54) is 4.68 Å². The van der Waals surface area contributed by atoms with Gasteiger partial charge in [0.2, 0.25) is 0 Å². The molecule has 8 heteroatoms. The summed E-state index contributed by atoms with van der Waals surface area (Å²) in [6.45, 7) is 4.02. The number of hydrazine groups is 1. The van der Waals surface area contributed by atoms with Gasteiger partial charge in [-0.1, -0.05) is 18.2 Å². The molecule has 0 spiro atoms. The van der Waals surface area contributed by atoms with E-state index in [0.717, 1.165) is 11.3 Å². The molecule has 1 aliphatic rings. The summed E-state index contributed by atoms with van der Waals surface area (Å²) in [5.41, 5.74) is 7.41. The van der Waals surface area contributed by atoms with Gasteiger partial charge in [0.15, 0.2) is 5.82 Å². The number of benzene rings is 1. The van der Waals surface area contributed by atoms with Crippen molar-refractivity contribution in [2.75, 3.05) is 7.11 Å². The lowest BCUT2D eigenvalue weighted by atomic mass is 9.93. The van der Waals surface area contributed by atoms with Crippen LogP contribution in [0.2, 0.25) is 0 Å². The van der Waals surface area contributed by atoms with Crippen LogP contribution in [0.4, 0.5) is 0 Å². The third-order valence-corrected chi connectivity index (χ3v) is 4.86. The summed E-state index contributed by atoms with van der Waals surface area (Å²) in [6.07, 6.45) is 1.16. The Labute approximate surface area is 152 Å². The van der Waals surface area contributed by atoms with E-state index in [9.17, 15) is 9.90 Å². The zero-order valence-electron chi connectivity index (χ0n) is 15.3. The number of hydrogen-bond acceptors (Lipinski definition) is 6. The highest BCUT2D eigenvalue weighted by Crippen LogP contribution is 2.22. The van der Waals surface area contributed by atoms with E-state index in [1.54, 1.807) is 7.11 Å². The summed E-state index contributed by atoms with van der Waals surface area (Å²) in [5, 5.41) is 13.6. The second-order valence-corrected chi connectivity index (χ2v) is 6.72. The molecule has 0 amide bonds. The molecule has 3 N–H and O–H groups in total. The smallest absolute Gasteiger partial charge is 0.325 e. The minimum absolute atomic E-state index is 0.190. The summed E-state index contributed by atoms with van der Waals surface area (Å²) < 4.78 is 6.89. The molecule has 140 valence electrons. The second kappa shape index (κ2) is 7.84. The lowest BCUT2D eigenvalue weighted by Gasteiger charge is -2.17. The molecule has 2 heterocycles. The minimum Gasteiger partial charge on any atom is -0.496 e. The molecule has 0 aliphatic carbocycles. The number of nitrogens with one attached hydrogen (secondary N) is 2. The number of ether oxygens (including phenoxy) is 1. The molecule has 1 fully saturated rings. The van der Waals surface area contributed by atoms with E-state index in [4.69, 9.17) is 4.74 Å². The molecule has 1 aromatic heterocycles. The maximum absolute atomic E-state index is 11.2. The molecule has 26 heavy (non-hydrogen) atoms. The first kappa shape index (κ1) is 18.3. The average Bonchev–Trinajstić information content (AvgIpc) is 3.12. The Morgan fingerprint density at radius 3 is 2.62 bits per heavy atom. The fraction of sp³-hybridized carbons (Fsp3) is 0.500. The summed E-state index contributed by atoms with van der Waals surface area (Å²) in [6, 6.07) is 8.25. The summed E-state index contributed by atoms with van der Waals surface area (Å²) in [4.78, 5) is 15.9. The number of para-hydroxylation sites is 1. The van der Waals surface area contributed by atoms with Crippen molar-refractivity contribution in [3.8, 4) is 5.75 Å². The summed E-state index contributed by atoms with van der Waals surface area (Å²) >= 11 is 0. The van der Waals surface area contributed by atoms with E-state index in [-0.39, 0.29) is 18.6 Å². The average molecular weight is 359 g/mol. The van der Waals surface area contributed by atoms with Crippen LogP contribution in [0, 0.1) is 5.92 Å². The third-order valence-electron chi connectivity index (χ3n) is 4.86. The fourth-order valence-corrected chi connectivity index (χ4v) is 3.40. The van der Waals surface area contributed by atoms with Crippen molar-refractivity contribution in [1.29, 1.82) is 0 Å². The molecular weight excluding hydrogens is 334 g/mol. The lowest BCUT2D eigenvalue weighted by molar-refractivity contribution is -0.137. The van der Waals surface area contributed by atoms with E-state index in [1.807, 2.05) is 24.3 Å². The molecule has 1 saturated heterocycles. The Hall–Kier alpha value is -2.45. The van der Waals surface area contributed by atoms with Crippen molar-refractivity contribution >= 4 is 5.97 Å². The van der Waals surface area contributed by atoms with Gasteiger partial charge >= 0.3 is 5.97 Å². The lowest BCUT2D eigenvalue weighted by Crippen LogP contribution is -2.30. The zero-order chi connectivity index (χ0) is 18.7. The molecule has 3 rings (SSSR count). The van der Waals surface area contributed by atoms with Gasteiger partial charge in [0.25, 0.3) is 0 Å². The Kier molecular flexibility index (Phi) is 5.53. The first-order chi connectivity index (χ1) is 12.5. The van der Waals surface area contributed by atoms with E-state index in [2.05, 4.69) is 34.8 Å². The molecule has 0 bridgehead atoms. The number of aromatic nitrogens is 3. The first-order valence-electron chi connectivity index (χ1n) is 8.75. The molecular formula is C18H25N5O3. The maximum Gasteiger partial charge on any atom is 0.325 e. The Bertz CT molecular complexity index is 766. The highest BCUT2D eigenvalue weighted by Gasteiger charge is 2.31. The Morgan fingerprint density at radius 2 is 1.96 bits per heavy atom. The van der Waals surface area contributed by atoms with Gasteiger partial charge in [0, 0.05) is 30.5 Å². The van der Waals surface area contributed by atoms with Gasteiger partial charge in [-0.3, -0.25) is 15.6 Å². The number of carboxylic acids is 1. The largest absolute Gasteiger partial charge is 0.496 e. The minimum atomic E-state index is -0.927. The SMILES string of the molecule is COc1ccccc1Cc1nc(CC2C(C)NNC2C)n(CC(=O)O)n1. The van der Waals surface area contributed by atoms with Crippen LogP contribution in [-0.2, 0) is 24.2 Å². The fourth-order valence-electron chi connectivity index (χ4n) is 3.40. The highest BCUT2D eigenvalue weighted by molar-refractivity contribution is 5.66. The van der Waals surface area contributed by atoms with Crippen molar-refractivity contribution in [3.05, 3.63) is 41.5 Å². The van der Waals surface area contributed by atoms with Crippen LogP contribution in [0.3, 0.4) is 0 Å². The van der Waals surface area contributed by atoms with Crippen molar-refractivity contribution in [3.63, 3.8) is 0 Å². The van der Waals surface area contributed by atoms with Crippen molar-refractivity contribution < 1.29 is 14.6 Å². The van der Waals surface area contributed by atoms with Crippen LogP contribution in [0.1, 0.15) is 31.1 Å². The quantitative estimate of drug-likeness (QED) is 0.678. The highest BCUT2D eigenvalue weighted by atomic mass is 16.5. The standard InChI is InChI=1S/C18H25N5O3/c1-11-14(12(2)21-20-11)9-17-19-16(22-23(17)10-18(24)25)8-13-6-4-5-7-15(13)26-3/h4-7,11-12,14,20-21H,8-10H2,1-3H3,(H,24,25). The summed E-state index contributed by atoms with van der Waals surface area (Å²) in [7, 11) is 1.63. The number of nitrogens with zero attached hydrogens (tertiary/aromatic N) is 3. The van der Waals surface area contributed by atoms with Crippen LogP contribution in [0.25, 0.3) is 0 Å². The molecule has 2 unspecified atom stereocenters. The van der Waals surface area contributed by atoms with Crippen molar-refractivity contribution in [2.24, 2.45) is 5.92 Å². The monoisotopic (exact) mass is 359 g/mol. The van der Waals surface area contributed by atoms with Gasteiger partial charge < -0.3 is 9.84 Å². The van der Waals surface area contributed by atoms with Gasteiger partial charge in [-0.2, -0.15) is 5.10 Å². The number of methoxy groups -OCH3 is 1. The van der Waals surface area contributed by atoms with Gasteiger partial charge in [0.1, 0.15) is 18.1 Å². The van der Waals surface area contributed by atoms with Gasteiger partial charge in [-0.05, 0) is 25.8 Å². The van der Waals surface area contributed by atoms with Crippen LogP contribution in [0.5, 0.6) is 5.75 Å². The molecule has 1 aromatic carbocycles. The number of carbonyl (C=O) groups is 1. The van der Waals surface area contributed by atoms with Crippen molar-refractivity contribution in [2.45, 2.75) is 45.3 Å². The molecule has 8 nitrogen and oxygen atoms in total. The van der Waals surface area contributed by atoms with Crippen LogP contribution in [0.15, 0.2) is 24.3 Å². The molecule has 0 saturated carbocycles. The predicted molar refractivity (Wildman–Crippen MR) is 95.8 cm³/mol. The Morgan fingerprint density at radius 1 is 1.27 bits per heavy atom. The Balaban J connectivity index is 1.85. The van der Waals surface area contributed by atoms with Crippen LogP contribution >= 0.6 is 0 Å². The maximum atomic E-state index is 11.2. The second-order valence-electron chi connectivity index (χ2n) is 6.72. The van der Waals surface area contributed by atoms with E-state index in [0.29, 0.717) is 30.4 Å². The van der Waals surface area contributed by atoms with Crippen molar-refractivity contribution in [1.82, 2.24) is 25.6 Å². The van der Waals surface area contributed by atoms with Gasteiger partial charge in [0.05, 0.1) is 7.11 Å². The van der Waals surface area contributed by atoms with E-state index >= 15 is 0 Å². The summed E-state index contributed by atoms with van der Waals surface area (Å²) in [5.74, 6) is 1.46. The third kappa shape index (κ3) is 4.03. The predicted octanol–water partition coefficient (Wildman–Crippen LogP) is 1.01. The number of aliphatic carboxylic acids is 1. The number of carboxylic acid groups (broad SMARTS) is 1. The van der Waals surface area contributed by atoms with Crippen LogP contribution in [-0.4, -0.2) is 45.0 Å². The molecule has 2 aromatic rings. The van der Waals surface area contributed by atoms with E-state index < -0.39 is 5.97 Å². The van der Waals surface area contributed by atoms with Gasteiger partial charge in [-0.15, -0.1) is 0 Å². The first-order valence-corrected chi connectivity index (χ1v) is 8.75. The topological polar surface area (TPSA) is 101 Å². The molecule has 1 aliphatic heterocycles. The number of hydrogen-bond donors (Lipinski definition) is 3.